The normalized spacial score (nSPS) is 21.7. The zero-order valence-corrected chi connectivity index (χ0v) is 15.0. The molecule has 27 heavy (non-hydrogen) atoms. The van der Waals surface area contributed by atoms with Crippen molar-refractivity contribution in [3.05, 3.63) is 69.8 Å². The number of benzene rings is 2. The van der Waals surface area contributed by atoms with Crippen LogP contribution in [0, 0.1) is 10.1 Å². The molecule has 0 spiro atoms. The molecule has 2 atom stereocenters. The van der Waals surface area contributed by atoms with E-state index in [1.54, 1.807) is 38.3 Å². The number of esters is 1. The van der Waals surface area contributed by atoms with Gasteiger partial charge in [-0.2, -0.15) is 0 Å². The SMILES string of the molecule is COc1ccc([C@]2(C)C(=O)CC[C@H]2OC(=O)c2ccc([N+](=O)[O-])cc2)cc1. The summed E-state index contributed by atoms with van der Waals surface area (Å²) in [5, 5.41) is 10.7. The second-order valence-corrected chi connectivity index (χ2v) is 6.59. The smallest absolute Gasteiger partial charge is 0.338 e. The number of hydrogen-bond donors (Lipinski definition) is 0. The van der Waals surface area contributed by atoms with Crippen LogP contribution in [0.3, 0.4) is 0 Å². The number of carbonyl (C=O) groups excluding carboxylic acids is 2. The van der Waals surface area contributed by atoms with Crippen LogP contribution in [0.5, 0.6) is 5.75 Å². The number of nitro benzene ring substituents is 1. The number of hydrogen-bond acceptors (Lipinski definition) is 6. The van der Waals surface area contributed by atoms with Gasteiger partial charge in [0.25, 0.3) is 5.69 Å². The molecule has 0 radical (unpaired) electrons. The van der Waals surface area contributed by atoms with Gasteiger partial charge in [0.2, 0.25) is 0 Å². The maximum Gasteiger partial charge on any atom is 0.338 e. The minimum Gasteiger partial charge on any atom is -0.497 e. The molecular weight excluding hydrogens is 350 g/mol. The predicted molar refractivity (Wildman–Crippen MR) is 96.9 cm³/mol. The number of nitrogens with zero attached hydrogens (tertiary/aromatic N) is 1. The van der Waals surface area contributed by atoms with E-state index in [0.717, 1.165) is 5.56 Å². The van der Waals surface area contributed by atoms with E-state index < -0.39 is 22.4 Å². The fraction of sp³-hybridized carbons (Fsp3) is 0.300. The maximum atomic E-state index is 12.6. The van der Waals surface area contributed by atoms with Gasteiger partial charge < -0.3 is 9.47 Å². The lowest BCUT2D eigenvalue weighted by atomic mass is 9.78. The molecule has 1 saturated carbocycles. The van der Waals surface area contributed by atoms with Crippen LogP contribution in [0.2, 0.25) is 0 Å². The van der Waals surface area contributed by atoms with E-state index >= 15 is 0 Å². The van der Waals surface area contributed by atoms with Crippen molar-refractivity contribution in [1.29, 1.82) is 0 Å². The monoisotopic (exact) mass is 369 g/mol. The summed E-state index contributed by atoms with van der Waals surface area (Å²) in [7, 11) is 1.56. The van der Waals surface area contributed by atoms with Gasteiger partial charge >= 0.3 is 5.97 Å². The molecule has 140 valence electrons. The number of methoxy groups -OCH3 is 1. The molecule has 7 nitrogen and oxygen atoms in total. The molecule has 0 heterocycles. The number of non-ortho nitro benzene ring substituents is 1. The molecule has 0 amide bonds. The Morgan fingerprint density at radius 2 is 1.78 bits per heavy atom. The summed E-state index contributed by atoms with van der Waals surface area (Å²) in [6.07, 6.45) is 0.141. The predicted octanol–water partition coefficient (Wildman–Crippen LogP) is 3.45. The number of ether oxygens (including phenoxy) is 2. The quantitative estimate of drug-likeness (QED) is 0.455. The first-order chi connectivity index (χ1) is 12.9. The third-order valence-electron chi connectivity index (χ3n) is 5.11. The number of nitro groups is 1. The largest absolute Gasteiger partial charge is 0.497 e. The number of Topliss-reactive ketones (excluding diaryl/α,β-unsaturated/α-hetero) is 1. The summed E-state index contributed by atoms with van der Waals surface area (Å²) >= 11 is 0. The van der Waals surface area contributed by atoms with Crippen molar-refractivity contribution >= 4 is 17.4 Å². The lowest BCUT2D eigenvalue weighted by Crippen LogP contribution is -2.40. The first-order valence-electron chi connectivity index (χ1n) is 8.49. The van der Waals surface area contributed by atoms with Crippen LogP contribution in [-0.4, -0.2) is 29.9 Å². The minimum atomic E-state index is -0.942. The average molecular weight is 369 g/mol. The summed E-state index contributed by atoms with van der Waals surface area (Å²) in [5.74, 6) is 0.0747. The number of ketones is 1. The molecule has 0 unspecified atom stereocenters. The first-order valence-corrected chi connectivity index (χ1v) is 8.49. The van der Waals surface area contributed by atoms with Crippen molar-refractivity contribution in [2.75, 3.05) is 7.11 Å². The average Bonchev–Trinajstić information content (AvgIpc) is 2.97. The molecule has 1 aliphatic carbocycles. The molecule has 2 aromatic carbocycles. The van der Waals surface area contributed by atoms with Crippen molar-refractivity contribution in [2.45, 2.75) is 31.3 Å². The Hall–Kier alpha value is -3.22. The highest BCUT2D eigenvalue weighted by atomic mass is 16.6. The zero-order valence-electron chi connectivity index (χ0n) is 15.0. The molecule has 3 rings (SSSR count). The molecule has 0 aromatic heterocycles. The van der Waals surface area contributed by atoms with Gasteiger partial charge in [0.05, 0.1) is 23.0 Å². The molecule has 1 aliphatic rings. The Morgan fingerprint density at radius 1 is 1.15 bits per heavy atom. The van der Waals surface area contributed by atoms with Crippen LogP contribution in [0.15, 0.2) is 48.5 Å². The van der Waals surface area contributed by atoms with Gasteiger partial charge in [-0.05, 0) is 43.2 Å². The van der Waals surface area contributed by atoms with Gasteiger partial charge in [-0.25, -0.2) is 4.79 Å². The van der Waals surface area contributed by atoms with Crippen LogP contribution < -0.4 is 4.74 Å². The summed E-state index contributed by atoms with van der Waals surface area (Å²) in [6.45, 7) is 1.78. The third-order valence-corrected chi connectivity index (χ3v) is 5.11. The fourth-order valence-corrected chi connectivity index (χ4v) is 3.37. The Bertz CT molecular complexity index is 874. The third kappa shape index (κ3) is 3.40. The Kier molecular flexibility index (Phi) is 4.94. The van der Waals surface area contributed by atoms with E-state index in [4.69, 9.17) is 9.47 Å². The highest BCUT2D eigenvalue weighted by Gasteiger charge is 2.49. The molecule has 2 aromatic rings. The molecule has 0 aliphatic heterocycles. The number of rotatable bonds is 5. The lowest BCUT2D eigenvalue weighted by Gasteiger charge is -2.30. The topological polar surface area (TPSA) is 95.7 Å². The highest BCUT2D eigenvalue weighted by Crippen LogP contribution is 2.41. The van der Waals surface area contributed by atoms with E-state index in [2.05, 4.69) is 0 Å². The summed E-state index contributed by atoms with van der Waals surface area (Å²) in [6, 6.07) is 12.3. The lowest BCUT2D eigenvalue weighted by molar-refractivity contribution is -0.384. The minimum absolute atomic E-state index is 0.00849. The van der Waals surface area contributed by atoms with Crippen LogP contribution in [-0.2, 0) is 14.9 Å². The van der Waals surface area contributed by atoms with E-state index in [9.17, 15) is 19.7 Å². The molecule has 0 N–H and O–H groups in total. The standard InChI is InChI=1S/C20H19NO6/c1-20(14-5-9-16(26-2)10-6-14)17(22)11-12-18(20)27-19(23)13-3-7-15(8-4-13)21(24)25/h3-10,18H,11-12H2,1-2H3/t18-,20-/m1/s1. The van der Waals surface area contributed by atoms with Gasteiger partial charge in [0.1, 0.15) is 17.6 Å². The maximum absolute atomic E-state index is 12.6. The number of carbonyl (C=O) groups is 2. The Labute approximate surface area is 156 Å². The molecule has 0 saturated heterocycles. The summed E-state index contributed by atoms with van der Waals surface area (Å²) < 4.78 is 10.8. The van der Waals surface area contributed by atoms with Crippen molar-refractivity contribution in [3.63, 3.8) is 0 Å². The second kappa shape index (κ2) is 7.19. The van der Waals surface area contributed by atoms with Crippen LogP contribution in [0.1, 0.15) is 35.7 Å². The fourth-order valence-electron chi connectivity index (χ4n) is 3.37. The van der Waals surface area contributed by atoms with Gasteiger partial charge in [0.15, 0.2) is 0 Å². The van der Waals surface area contributed by atoms with E-state index in [-0.39, 0.29) is 17.0 Å². The Morgan fingerprint density at radius 3 is 2.33 bits per heavy atom. The van der Waals surface area contributed by atoms with Gasteiger partial charge in [-0.1, -0.05) is 12.1 Å². The van der Waals surface area contributed by atoms with Crippen molar-refractivity contribution < 1.29 is 24.0 Å². The van der Waals surface area contributed by atoms with Crippen LogP contribution in [0.4, 0.5) is 5.69 Å². The Balaban J connectivity index is 1.82. The van der Waals surface area contributed by atoms with Gasteiger partial charge in [0, 0.05) is 18.6 Å². The van der Waals surface area contributed by atoms with E-state index in [1.165, 1.54) is 24.3 Å². The molecular formula is C20H19NO6. The van der Waals surface area contributed by atoms with Gasteiger partial charge in [-0.15, -0.1) is 0 Å². The summed E-state index contributed by atoms with van der Waals surface area (Å²) in [5.41, 5.74) is -0.0853. The molecule has 1 fully saturated rings. The first kappa shape index (κ1) is 18.6. The van der Waals surface area contributed by atoms with Crippen LogP contribution >= 0.6 is 0 Å². The zero-order chi connectivity index (χ0) is 19.6. The molecule has 0 bridgehead atoms. The second-order valence-electron chi connectivity index (χ2n) is 6.59. The molecule has 7 heteroatoms. The van der Waals surface area contributed by atoms with E-state index in [1.807, 2.05) is 0 Å². The van der Waals surface area contributed by atoms with Crippen molar-refractivity contribution in [2.24, 2.45) is 0 Å². The van der Waals surface area contributed by atoms with E-state index in [0.29, 0.717) is 18.6 Å². The van der Waals surface area contributed by atoms with Crippen molar-refractivity contribution in [3.8, 4) is 5.75 Å². The van der Waals surface area contributed by atoms with Crippen molar-refractivity contribution in [1.82, 2.24) is 0 Å². The highest BCUT2D eigenvalue weighted by molar-refractivity contribution is 5.95. The summed E-state index contributed by atoms with van der Waals surface area (Å²) in [4.78, 5) is 35.3. The van der Waals surface area contributed by atoms with Gasteiger partial charge in [-0.3, -0.25) is 14.9 Å². The van der Waals surface area contributed by atoms with Crippen LogP contribution in [0.25, 0.3) is 0 Å².